The van der Waals surface area contributed by atoms with Crippen molar-refractivity contribution in [1.82, 2.24) is 15.2 Å². The van der Waals surface area contributed by atoms with Crippen LogP contribution in [0.3, 0.4) is 0 Å². The molecule has 5 heteroatoms. The Morgan fingerprint density at radius 3 is 3.14 bits per heavy atom. The van der Waals surface area contributed by atoms with E-state index in [0.717, 1.165) is 34.8 Å². The predicted molar refractivity (Wildman–Crippen MR) is 84.7 cm³/mol. The summed E-state index contributed by atoms with van der Waals surface area (Å²) in [5.41, 5.74) is 3.53. The van der Waals surface area contributed by atoms with Crippen LogP contribution >= 0.6 is 11.3 Å². The summed E-state index contributed by atoms with van der Waals surface area (Å²) < 4.78 is 1.08. The Hall–Kier alpha value is -1.46. The molecule has 1 aromatic heterocycles. The highest BCUT2D eigenvalue weighted by Crippen LogP contribution is 2.27. The number of aromatic nitrogens is 1. The summed E-state index contributed by atoms with van der Waals surface area (Å²) in [6.45, 7) is 2.21. The van der Waals surface area contributed by atoms with Crippen LogP contribution in [0.5, 0.6) is 0 Å². The van der Waals surface area contributed by atoms with Gasteiger partial charge in [0.25, 0.3) is 5.91 Å². The maximum Gasteiger partial charge on any atom is 0.251 e. The second kappa shape index (κ2) is 5.39. The Morgan fingerprint density at radius 2 is 2.29 bits per heavy atom. The van der Waals surface area contributed by atoms with Crippen molar-refractivity contribution in [1.29, 1.82) is 0 Å². The molecule has 2 saturated heterocycles. The third-order valence-corrected chi connectivity index (χ3v) is 5.53. The largest absolute Gasteiger partial charge is 0.348 e. The average Bonchev–Trinajstić information content (AvgIpc) is 2.89. The first-order chi connectivity index (χ1) is 10.3. The van der Waals surface area contributed by atoms with Gasteiger partial charge in [-0.2, -0.15) is 0 Å². The van der Waals surface area contributed by atoms with Crippen molar-refractivity contribution < 1.29 is 4.79 Å². The SMILES string of the molecule is O=C(N[C@@H]1CCCC2CCN2C1)c1ccc2ncsc2c1. The average molecular weight is 301 g/mol. The molecular weight excluding hydrogens is 282 g/mol. The summed E-state index contributed by atoms with van der Waals surface area (Å²) in [7, 11) is 0. The van der Waals surface area contributed by atoms with Crippen LogP contribution in [0.15, 0.2) is 23.7 Å². The van der Waals surface area contributed by atoms with E-state index in [0.29, 0.717) is 6.04 Å². The molecule has 2 fully saturated rings. The third-order valence-electron chi connectivity index (χ3n) is 4.74. The molecule has 0 aliphatic carbocycles. The minimum atomic E-state index is 0.0503. The zero-order valence-electron chi connectivity index (χ0n) is 11.9. The lowest BCUT2D eigenvalue weighted by Crippen LogP contribution is -2.52. The quantitative estimate of drug-likeness (QED) is 0.927. The smallest absolute Gasteiger partial charge is 0.251 e. The van der Waals surface area contributed by atoms with E-state index in [4.69, 9.17) is 0 Å². The Kier molecular flexibility index (Phi) is 3.39. The molecule has 0 saturated carbocycles. The molecule has 2 aromatic rings. The number of thiazole rings is 1. The van der Waals surface area contributed by atoms with Gasteiger partial charge in [0.1, 0.15) is 0 Å². The fourth-order valence-electron chi connectivity index (χ4n) is 3.42. The van der Waals surface area contributed by atoms with E-state index in [1.807, 2.05) is 23.7 Å². The van der Waals surface area contributed by atoms with Gasteiger partial charge in [-0.05, 0) is 50.4 Å². The summed E-state index contributed by atoms with van der Waals surface area (Å²) in [6, 6.07) is 6.83. The summed E-state index contributed by atoms with van der Waals surface area (Å²) in [4.78, 5) is 19.2. The Bertz CT molecular complexity index is 668. The standard InChI is InChI=1S/C16H19N3OS/c20-16(11-4-5-14-15(8-11)21-10-17-14)18-12-2-1-3-13-6-7-19(13)9-12/h4-5,8,10,12-13H,1-3,6-7,9H2,(H,18,20)/t12-,13?/m1/s1. The zero-order chi connectivity index (χ0) is 14.2. The maximum absolute atomic E-state index is 12.5. The molecule has 1 aromatic carbocycles. The summed E-state index contributed by atoms with van der Waals surface area (Å²) in [5.74, 6) is 0.0503. The number of hydrogen-bond acceptors (Lipinski definition) is 4. The minimum Gasteiger partial charge on any atom is -0.348 e. The van der Waals surface area contributed by atoms with Gasteiger partial charge >= 0.3 is 0 Å². The van der Waals surface area contributed by atoms with Crippen LogP contribution in [-0.4, -0.2) is 41.0 Å². The summed E-state index contributed by atoms with van der Waals surface area (Å²) in [6.07, 6.45) is 4.95. The Labute approximate surface area is 128 Å². The Morgan fingerprint density at radius 1 is 1.33 bits per heavy atom. The molecule has 110 valence electrons. The van der Waals surface area contributed by atoms with Gasteiger partial charge in [0.15, 0.2) is 0 Å². The molecule has 1 unspecified atom stereocenters. The van der Waals surface area contributed by atoms with Gasteiger partial charge in [-0.1, -0.05) is 0 Å². The number of hydrogen-bond donors (Lipinski definition) is 1. The number of fused-ring (bicyclic) bond motifs is 2. The first-order valence-corrected chi connectivity index (χ1v) is 8.56. The van der Waals surface area contributed by atoms with Crippen LogP contribution in [0.25, 0.3) is 10.2 Å². The number of nitrogens with one attached hydrogen (secondary N) is 1. The third kappa shape index (κ3) is 2.56. The molecule has 3 heterocycles. The monoisotopic (exact) mass is 301 g/mol. The molecular formula is C16H19N3OS. The molecule has 4 nitrogen and oxygen atoms in total. The number of carbonyl (C=O) groups excluding carboxylic acids is 1. The molecule has 1 amide bonds. The zero-order valence-corrected chi connectivity index (χ0v) is 12.7. The normalized spacial score (nSPS) is 25.9. The van der Waals surface area contributed by atoms with Gasteiger partial charge in [0.2, 0.25) is 0 Å². The first kappa shape index (κ1) is 13.2. The lowest BCUT2D eigenvalue weighted by atomic mass is 10.00. The van der Waals surface area contributed by atoms with E-state index in [-0.39, 0.29) is 5.91 Å². The number of amides is 1. The topological polar surface area (TPSA) is 45.2 Å². The molecule has 0 radical (unpaired) electrons. The highest BCUT2D eigenvalue weighted by atomic mass is 32.1. The lowest BCUT2D eigenvalue weighted by Gasteiger charge is -2.40. The second-order valence-electron chi connectivity index (χ2n) is 6.07. The van der Waals surface area contributed by atoms with E-state index >= 15 is 0 Å². The van der Waals surface area contributed by atoms with Crippen LogP contribution in [0, 0.1) is 0 Å². The van der Waals surface area contributed by atoms with E-state index < -0.39 is 0 Å². The number of benzene rings is 1. The molecule has 2 aliphatic heterocycles. The maximum atomic E-state index is 12.5. The molecule has 21 heavy (non-hydrogen) atoms. The number of nitrogens with zero attached hydrogens (tertiary/aromatic N) is 2. The highest BCUT2D eigenvalue weighted by molar-refractivity contribution is 7.16. The fourth-order valence-corrected chi connectivity index (χ4v) is 4.13. The van der Waals surface area contributed by atoms with E-state index in [1.54, 1.807) is 11.3 Å². The van der Waals surface area contributed by atoms with Crippen molar-refractivity contribution in [2.75, 3.05) is 13.1 Å². The van der Waals surface area contributed by atoms with Crippen LogP contribution in [0.4, 0.5) is 0 Å². The minimum absolute atomic E-state index is 0.0503. The van der Waals surface area contributed by atoms with Gasteiger partial charge < -0.3 is 5.32 Å². The predicted octanol–water partition coefficient (Wildman–Crippen LogP) is 2.65. The van der Waals surface area contributed by atoms with E-state index in [2.05, 4.69) is 15.2 Å². The van der Waals surface area contributed by atoms with Crippen molar-refractivity contribution in [2.45, 2.75) is 37.8 Å². The molecule has 0 bridgehead atoms. The van der Waals surface area contributed by atoms with Crippen LogP contribution < -0.4 is 5.32 Å². The molecule has 2 aliphatic rings. The molecule has 4 rings (SSSR count). The second-order valence-corrected chi connectivity index (χ2v) is 6.96. The van der Waals surface area contributed by atoms with Gasteiger partial charge in [-0.3, -0.25) is 9.69 Å². The van der Waals surface area contributed by atoms with E-state index in [1.165, 1.54) is 25.8 Å². The van der Waals surface area contributed by atoms with Crippen molar-refractivity contribution >= 4 is 27.5 Å². The van der Waals surface area contributed by atoms with E-state index in [9.17, 15) is 4.79 Å². The molecule has 0 spiro atoms. The van der Waals surface area contributed by atoms with Crippen LogP contribution in [-0.2, 0) is 0 Å². The molecule has 2 atom stereocenters. The summed E-state index contributed by atoms with van der Waals surface area (Å²) >= 11 is 1.58. The van der Waals surface area contributed by atoms with Crippen molar-refractivity contribution in [3.63, 3.8) is 0 Å². The van der Waals surface area contributed by atoms with Gasteiger partial charge in [0, 0.05) is 24.2 Å². The van der Waals surface area contributed by atoms with Crippen molar-refractivity contribution in [2.24, 2.45) is 0 Å². The van der Waals surface area contributed by atoms with Gasteiger partial charge in [0.05, 0.1) is 15.7 Å². The number of carbonyl (C=O) groups is 1. The van der Waals surface area contributed by atoms with Crippen LogP contribution in [0.1, 0.15) is 36.0 Å². The van der Waals surface area contributed by atoms with Crippen molar-refractivity contribution in [3.8, 4) is 0 Å². The van der Waals surface area contributed by atoms with Gasteiger partial charge in [-0.25, -0.2) is 4.98 Å². The number of rotatable bonds is 2. The Balaban J connectivity index is 1.46. The van der Waals surface area contributed by atoms with Crippen LogP contribution in [0.2, 0.25) is 0 Å². The lowest BCUT2D eigenvalue weighted by molar-refractivity contribution is 0.0788. The molecule has 1 N–H and O–H groups in total. The summed E-state index contributed by atoms with van der Waals surface area (Å²) in [5, 5.41) is 3.22. The van der Waals surface area contributed by atoms with Gasteiger partial charge in [-0.15, -0.1) is 11.3 Å². The first-order valence-electron chi connectivity index (χ1n) is 7.68. The van der Waals surface area contributed by atoms with Crippen molar-refractivity contribution in [3.05, 3.63) is 29.3 Å². The fraction of sp³-hybridized carbons (Fsp3) is 0.500. The highest BCUT2D eigenvalue weighted by Gasteiger charge is 2.32.